The van der Waals surface area contributed by atoms with Gasteiger partial charge in [-0.25, -0.2) is 9.18 Å². The molecule has 0 aliphatic carbocycles. The molecule has 0 bridgehead atoms. The number of unbranched alkanes of at least 4 members (excludes halogenated alkanes) is 8. The molecule has 2 aromatic carbocycles. The first kappa shape index (κ1) is 28.3. The van der Waals surface area contributed by atoms with Crippen LogP contribution in [0.3, 0.4) is 0 Å². The van der Waals surface area contributed by atoms with Gasteiger partial charge in [-0.05, 0) is 49.1 Å². The van der Waals surface area contributed by atoms with Crippen molar-refractivity contribution in [2.24, 2.45) is 5.92 Å². The minimum Gasteiger partial charge on any atom is -0.423 e. The number of carbonyl (C=O) groups excluding carboxylic acids is 1. The maximum atomic E-state index is 14.8. The number of benzene rings is 2. The molecule has 3 rings (SSSR count). The van der Waals surface area contributed by atoms with Gasteiger partial charge in [0.1, 0.15) is 11.6 Å². The second kappa shape index (κ2) is 15.8. The fourth-order valence-corrected chi connectivity index (χ4v) is 4.59. The van der Waals surface area contributed by atoms with Crippen molar-refractivity contribution in [3.8, 4) is 5.75 Å². The summed E-state index contributed by atoms with van der Waals surface area (Å²) in [4.78, 5) is 12.5. The van der Waals surface area contributed by atoms with E-state index in [9.17, 15) is 9.18 Å². The van der Waals surface area contributed by atoms with E-state index < -0.39 is 18.1 Å². The van der Waals surface area contributed by atoms with E-state index >= 15 is 0 Å². The largest absolute Gasteiger partial charge is 0.423 e. The first-order chi connectivity index (χ1) is 17.6. The number of carbonyl (C=O) groups is 1. The zero-order valence-electron chi connectivity index (χ0n) is 22.1. The quantitative estimate of drug-likeness (QED) is 0.140. The van der Waals surface area contributed by atoms with Gasteiger partial charge in [-0.1, -0.05) is 89.8 Å². The van der Waals surface area contributed by atoms with E-state index in [0.717, 1.165) is 19.3 Å². The van der Waals surface area contributed by atoms with Crippen LogP contribution >= 0.6 is 0 Å². The number of rotatable bonds is 15. The van der Waals surface area contributed by atoms with E-state index in [1.54, 1.807) is 24.3 Å². The van der Waals surface area contributed by atoms with Gasteiger partial charge in [0.15, 0.2) is 6.29 Å². The van der Waals surface area contributed by atoms with Crippen LogP contribution < -0.4 is 4.74 Å². The lowest BCUT2D eigenvalue weighted by Gasteiger charge is -2.30. The lowest BCUT2D eigenvalue weighted by atomic mass is 10.0. The van der Waals surface area contributed by atoms with Crippen LogP contribution in [-0.4, -0.2) is 19.2 Å². The normalized spacial score (nSPS) is 17.8. The summed E-state index contributed by atoms with van der Waals surface area (Å²) in [6.45, 7) is 5.55. The molecule has 1 fully saturated rings. The molecular weight excluding hydrogens is 455 g/mol. The van der Waals surface area contributed by atoms with Crippen molar-refractivity contribution in [3.63, 3.8) is 0 Å². The monoisotopic (exact) mass is 498 g/mol. The van der Waals surface area contributed by atoms with Crippen LogP contribution in [0.2, 0.25) is 0 Å². The highest BCUT2D eigenvalue weighted by molar-refractivity contribution is 5.91. The van der Waals surface area contributed by atoms with Crippen LogP contribution in [0.5, 0.6) is 5.75 Å². The molecule has 1 aliphatic rings. The molecule has 0 N–H and O–H groups in total. The van der Waals surface area contributed by atoms with Crippen LogP contribution in [0.25, 0.3) is 0 Å². The minimum atomic E-state index is -0.736. The van der Waals surface area contributed by atoms with Crippen LogP contribution in [0.4, 0.5) is 4.39 Å². The molecule has 0 amide bonds. The smallest absolute Gasteiger partial charge is 0.343 e. The number of aryl methyl sites for hydroxylation is 1. The number of esters is 1. The average molecular weight is 499 g/mol. The molecule has 198 valence electrons. The average Bonchev–Trinajstić information content (AvgIpc) is 2.90. The van der Waals surface area contributed by atoms with Crippen LogP contribution in [-0.2, 0) is 15.9 Å². The number of hydrogen-bond donors (Lipinski definition) is 0. The summed E-state index contributed by atoms with van der Waals surface area (Å²) in [6, 6.07) is 11.9. The molecule has 1 aliphatic heterocycles. The predicted molar refractivity (Wildman–Crippen MR) is 142 cm³/mol. The first-order valence-corrected chi connectivity index (χ1v) is 13.9. The number of ether oxygens (including phenoxy) is 3. The molecule has 1 saturated heterocycles. The van der Waals surface area contributed by atoms with Gasteiger partial charge in [-0.15, -0.1) is 0 Å². The van der Waals surface area contributed by atoms with Crippen molar-refractivity contribution in [2.75, 3.05) is 13.2 Å². The van der Waals surface area contributed by atoms with Crippen molar-refractivity contribution in [1.82, 2.24) is 0 Å². The Hall–Kier alpha value is -2.24. The van der Waals surface area contributed by atoms with Crippen molar-refractivity contribution >= 4 is 5.97 Å². The maximum absolute atomic E-state index is 14.8. The first-order valence-electron chi connectivity index (χ1n) is 13.9. The van der Waals surface area contributed by atoms with Crippen LogP contribution in [0.15, 0.2) is 42.5 Å². The van der Waals surface area contributed by atoms with Crippen molar-refractivity contribution in [1.29, 1.82) is 0 Å². The van der Waals surface area contributed by atoms with Gasteiger partial charge >= 0.3 is 5.97 Å². The van der Waals surface area contributed by atoms with Crippen molar-refractivity contribution in [2.45, 2.75) is 97.2 Å². The Morgan fingerprint density at radius 2 is 1.50 bits per heavy atom. The van der Waals surface area contributed by atoms with Gasteiger partial charge < -0.3 is 14.2 Å². The molecule has 5 heteroatoms. The SMILES string of the molecule is CCCCCCCCCC1COC(c2ccc(C(=O)Oc3ccc(CCCCC)cc3)cc2F)OC1. The Balaban J connectivity index is 1.42. The highest BCUT2D eigenvalue weighted by atomic mass is 19.1. The summed E-state index contributed by atoms with van der Waals surface area (Å²) in [5.74, 6) is -0.299. The molecule has 1 heterocycles. The Labute approximate surface area is 216 Å². The maximum Gasteiger partial charge on any atom is 0.343 e. The Kier molecular flexibility index (Phi) is 12.4. The van der Waals surface area contributed by atoms with Crippen molar-refractivity contribution < 1.29 is 23.4 Å². The van der Waals surface area contributed by atoms with E-state index in [0.29, 0.717) is 30.4 Å². The summed E-state index contributed by atoms with van der Waals surface area (Å²) in [6.07, 6.45) is 13.9. The predicted octanol–water partition coefficient (Wildman–Crippen LogP) is 8.58. The Morgan fingerprint density at radius 1 is 0.861 bits per heavy atom. The Bertz CT molecular complexity index is 903. The second-order valence-electron chi connectivity index (χ2n) is 10.0. The van der Waals surface area contributed by atoms with E-state index in [2.05, 4.69) is 13.8 Å². The van der Waals surface area contributed by atoms with Crippen LogP contribution in [0, 0.1) is 11.7 Å². The highest BCUT2D eigenvalue weighted by Gasteiger charge is 2.26. The van der Waals surface area contributed by atoms with Gasteiger partial charge in [-0.3, -0.25) is 0 Å². The fourth-order valence-electron chi connectivity index (χ4n) is 4.59. The van der Waals surface area contributed by atoms with Gasteiger partial charge in [-0.2, -0.15) is 0 Å². The third-order valence-corrected chi connectivity index (χ3v) is 6.88. The van der Waals surface area contributed by atoms with E-state index in [1.807, 2.05) is 12.1 Å². The second-order valence-corrected chi connectivity index (χ2v) is 10.0. The van der Waals surface area contributed by atoms with E-state index in [4.69, 9.17) is 14.2 Å². The molecule has 36 heavy (non-hydrogen) atoms. The van der Waals surface area contributed by atoms with Crippen molar-refractivity contribution in [3.05, 3.63) is 65.0 Å². The zero-order chi connectivity index (χ0) is 25.6. The fraction of sp³-hybridized carbons (Fsp3) is 0.581. The third kappa shape index (κ3) is 9.33. The standard InChI is InChI=1S/C31H43FO4/c1-3-5-7-8-9-10-12-14-25-22-34-31(35-23-25)28-20-17-26(21-29(28)32)30(33)36-27-18-15-24(16-19-27)13-11-6-4-2/h15-21,25,31H,3-14,22-23H2,1-2H3. The molecular formula is C31H43FO4. The highest BCUT2D eigenvalue weighted by Crippen LogP contribution is 2.29. The number of halogens is 1. The zero-order valence-corrected chi connectivity index (χ0v) is 22.1. The lowest BCUT2D eigenvalue weighted by Crippen LogP contribution is -2.27. The van der Waals surface area contributed by atoms with Gasteiger partial charge in [0.2, 0.25) is 0 Å². The molecule has 0 unspecified atom stereocenters. The molecule has 4 nitrogen and oxygen atoms in total. The number of hydrogen-bond acceptors (Lipinski definition) is 4. The summed E-state index contributed by atoms with van der Waals surface area (Å²) in [7, 11) is 0. The summed E-state index contributed by atoms with van der Waals surface area (Å²) in [5.41, 5.74) is 1.70. The molecule has 0 aromatic heterocycles. The summed E-state index contributed by atoms with van der Waals surface area (Å²) >= 11 is 0. The molecule has 0 saturated carbocycles. The molecule has 0 atom stereocenters. The minimum absolute atomic E-state index is 0.163. The van der Waals surface area contributed by atoms with E-state index in [-0.39, 0.29) is 5.56 Å². The lowest BCUT2D eigenvalue weighted by molar-refractivity contribution is -0.207. The van der Waals surface area contributed by atoms with Gasteiger partial charge in [0.05, 0.1) is 18.8 Å². The molecule has 2 aromatic rings. The molecule has 0 radical (unpaired) electrons. The summed E-state index contributed by atoms with van der Waals surface area (Å²) in [5, 5.41) is 0. The van der Waals surface area contributed by atoms with Gasteiger partial charge in [0, 0.05) is 11.5 Å². The third-order valence-electron chi connectivity index (χ3n) is 6.88. The Morgan fingerprint density at radius 3 is 2.17 bits per heavy atom. The van der Waals surface area contributed by atoms with E-state index in [1.165, 1.54) is 69.4 Å². The van der Waals surface area contributed by atoms with Crippen LogP contribution in [0.1, 0.15) is 112 Å². The van der Waals surface area contributed by atoms with Gasteiger partial charge in [0.25, 0.3) is 0 Å². The summed E-state index contributed by atoms with van der Waals surface area (Å²) < 4.78 is 31.9. The topological polar surface area (TPSA) is 44.8 Å². The molecule has 0 spiro atoms.